The van der Waals surface area contributed by atoms with Gasteiger partial charge in [-0.15, -0.1) is 0 Å². The van der Waals surface area contributed by atoms with Gasteiger partial charge < -0.3 is 5.32 Å². The Labute approximate surface area is 106 Å². The van der Waals surface area contributed by atoms with E-state index in [2.05, 4.69) is 15.5 Å². The first-order valence-electron chi connectivity index (χ1n) is 5.38. The number of H-pyrrole nitrogens is 1. The Hall–Kier alpha value is -2.51. The molecule has 8 heteroatoms. The quantitative estimate of drug-likeness (QED) is 0.659. The Morgan fingerprint density at radius 2 is 2.16 bits per heavy atom. The van der Waals surface area contributed by atoms with Crippen molar-refractivity contribution in [2.24, 2.45) is 0 Å². The first-order valence-corrected chi connectivity index (χ1v) is 5.38. The van der Waals surface area contributed by atoms with Gasteiger partial charge in [0.05, 0.1) is 22.3 Å². The molecule has 1 heterocycles. The van der Waals surface area contributed by atoms with Gasteiger partial charge in [-0.05, 0) is 13.0 Å². The number of nitrogens with zero attached hydrogens (tertiary/aromatic N) is 2. The summed E-state index contributed by atoms with van der Waals surface area (Å²) in [6.07, 6.45) is 1.52. The molecule has 0 bridgehead atoms. The van der Waals surface area contributed by atoms with Gasteiger partial charge >= 0.3 is 5.69 Å². The second-order valence-electron chi connectivity index (χ2n) is 3.92. The summed E-state index contributed by atoms with van der Waals surface area (Å²) in [5.74, 6) is -2.10. The third-order valence-corrected chi connectivity index (χ3v) is 2.59. The summed E-state index contributed by atoms with van der Waals surface area (Å²) in [6, 6.07) is 2.63. The van der Waals surface area contributed by atoms with Crippen molar-refractivity contribution < 1.29 is 13.7 Å². The molecule has 0 fully saturated rings. The maximum atomic E-state index is 13.5. The van der Waals surface area contributed by atoms with Crippen LogP contribution in [0.3, 0.4) is 0 Å². The van der Waals surface area contributed by atoms with Crippen LogP contribution < -0.4 is 5.32 Å². The summed E-state index contributed by atoms with van der Waals surface area (Å²) in [7, 11) is 0. The molecule has 6 nitrogen and oxygen atoms in total. The molecular formula is C11H10F2N4O2. The van der Waals surface area contributed by atoms with Crippen molar-refractivity contribution >= 4 is 11.4 Å². The molecular weight excluding hydrogens is 258 g/mol. The maximum Gasteiger partial charge on any atom is 0.307 e. The van der Waals surface area contributed by atoms with Crippen LogP contribution in [0.5, 0.6) is 0 Å². The molecule has 1 aromatic carbocycles. The number of aromatic nitrogens is 2. The van der Waals surface area contributed by atoms with Gasteiger partial charge in [0.1, 0.15) is 5.82 Å². The molecule has 2 N–H and O–H groups in total. The van der Waals surface area contributed by atoms with Crippen LogP contribution >= 0.6 is 0 Å². The lowest BCUT2D eigenvalue weighted by Crippen LogP contribution is -2.09. The van der Waals surface area contributed by atoms with Gasteiger partial charge in [-0.3, -0.25) is 15.2 Å². The lowest BCUT2D eigenvalue weighted by molar-refractivity contribution is -0.387. The minimum atomic E-state index is -1.21. The van der Waals surface area contributed by atoms with Crippen molar-refractivity contribution in [1.29, 1.82) is 0 Å². The van der Waals surface area contributed by atoms with Crippen molar-refractivity contribution in [3.8, 4) is 0 Å². The summed E-state index contributed by atoms with van der Waals surface area (Å²) in [5, 5.41) is 19.7. The maximum absolute atomic E-state index is 13.5. The molecule has 2 aromatic rings. The molecule has 2 rings (SSSR count). The number of halogens is 2. The smallest absolute Gasteiger partial charge is 0.307 e. The SMILES string of the molecule is CC(Nc1cc([N+](=O)[O-])c(F)cc1F)c1ccn[nH]1. The topological polar surface area (TPSA) is 83.8 Å². The summed E-state index contributed by atoms with van der Waals surface area (Å²) in [4.78, 5) is 9.70. The van der Waals surface area contributed by atoms with Crippen LogP contribution in [0.15, 0.2) is 24.4 Å². The second kappa shape index (κ2) is 5.01. The number of benzene rings is 1. The van der Waals surface area contributed by atoms with Crippen LogP contribution in [0.2, 0.25) is 0 Å². The van der Waals surface area contributed by atoms with Crippen LogP contribution in [0.4, 0.5) is 20.2 Å². The zero-order valence-electron chi connectivity index (χ0n) is 9.85. The summed E-state index contributed by atoms with van der Waals surface area (Å²) in [6.45, 7) is 1.71. The molecule has 1 unspecified atom stereocenters. The molecule has 0 aliphatic rings. The molecule has 0 aliphatic heterocycles. The largest absolute Gasteiger partial charge is 0.374 e. The Kier molecular flexibility index (Phi) is 3.41. The Morgan fingerprint density at radius 3 is 2.74 bits per heavy atom. The van der Waals surface area contributed by atoms with Gasteiger partial charge in [-0.2, -0.15) is 9.49 Å². The van der Waals surface area contributed by atoms with Crippen molar-refractivity contribution in [1.82, 2.24) is 10.2 Å². The molecule has 0 aliphatic carbocycles. The second-order valence-corrected chi connectivity index (χ2v) is 3.92. The van der Waals surface area contributed by atoms with E-state index in [0.717, 1.165) is 6.07 Å². The highest BCUT2D eigenvalue weighted by atomic mass is 19.1. The molecule has 100 valence electrons. The fourth-order valence-corrected chi connectivity index (χ4v) is 1.61. The summed E-state index contributed by atoms with van der Waals surface area (Å²) >= 11 is 0. The van der Waals surface area contributed by atoms with E-state index in [1.807, 2.05) is 0 Å². The van der Waals surface area contributed by atoms with E-state index in [4.69, 9.17) is 0 Å². The fourth-order valence-electron chi connectivity index (χ4n) is 1.61. The number of nitro groups is 1. The van der Waals surface area contributed by atoms with Gasteiger partial charge in [0, 0.05) is 18.3 Å². The minimum Gasteiger partial charge on any atom is -0.374 e. The van der Waals surface area contributed by atoms with Gasteiger partial charge in [0.15, 0.2) is 0 Å². The van der Waals surface area contributed by atoms with E-state index in [9.17, 15) is 18.9 Å². The molecule has 1 aromatic heterocycles. The highest BCUT2D eigenvalue weighted by Crippen LogP contribution is 2.27. The van der Waals surface area contributed by atoms with E-state index in [0.29, 0.717) is 11.8 Å². The predicted molar refractivity (Wildman–Crippen MR) is 63.6 cm³/mol. The number of rotatable bonds is 4. The first-order chi connectivity index (χ1) is 8.99. The molecule has 0 saturated carbocycles. The van der Waals surface area contributed by atoms with E-state index in [1.165, 1.54) is 6.20 Å². The Balaban J connectivity index is 2.30. The number of aromatic amines is 1. The van der Waals surface area contributed by atoms with E-state index < -0.39 is 22.2 Å². The summed E-state index contributed by atoms with van der Waals surface area (Å²) in [5.41, 5.74) is -0.248. The Morgan fingerprint density at radius 1 is 1.42 bits per heavy atom. The van der Waals surface area contributed by atoms with Crippen LogP contribution in [-0.2, 0) is 0 Å². The molecule has 0 spiro atoms. The van der Waals surface area contributed by atoms with E-state index in [1.54, 1.807) is 13.0 Å². The van der Waals surface area contributed by atoms with Crippen molar-refractivity contribution in [2.45, 2.75) is 13.0 Å². The van der Waals surface area contributed by atoms with Gasteiger partial charge in [0.2, 0.25) is 5.82 Å². The van der Waals surface area contributed by atoms with Crippen molar-refractivity contribution in [3.05, 3.63) is 51.8 Å². The lowest BCUT2D eigenvalue weighted by Gasteiger charge is -2.14. The van der Waals surface area contributed by atoms with E-state index >= 15 is 0 Å². The van der Waals surface area contributed by atoms with Gasteiger partial charge in [0.25, 0.3) is 0 Å². The van der Waals surface area contributed by atoms with Crippen LogP contribution in [-0.4, -0.2) is 15.1 Å². The third kappa shape index (κ3) is 2.67. The molecule has 0 amide bonds. The molecule has 0 radical (unpaired) electrons. The number of nitrogens with one attached hydrogen (secondary N) is 2. The van der Waals surface area contributed by atoms with E-state index in [-0.39, 0.29) is 11.7 Å². The molecule has 1 atom stereocenters. The average molecular weight is 268 g/mol. The highest BCUT2D eigenvalue weighted by Gasteiger charge is 2.19. The number of hydrogen-bond donors (Lipinski definition) is 2. The molecule has 0 saturated heterocycles. The van der Waals surface area contributed by atoms with Crippen LogP contribution in [0, 0.1) is 21.7 Å². The standard InChI is InChI=1S/C11H10F2N4O2/c1-6(9-2-3-14-16-9)15-10-5-11(17(18)19)8(13)4-7(10)12/h2-6,15H,1H3,(H,14,16). The van der Waals surface area contributed by atoms with Crippen LogP contribution in [0.1, 0.15) is 18.7 Å². The lowest BCUT2D eigenvalue weighted by atomic mass is 10.2. The van der Waals surface area contributed by atoms with Crippen molar-refractivity contribution in [2.75, 3.05) is 5.32 Å². The minimum absolute atomic E-state index is 0.143. The summed E-state index contributed by atoms with van der Waals surface area (Å²) < 4.78 is 26.7. The van der Waals surface area contributed by atoms with Crippen LogP contribution in [0.25, 0.3) is 0 Å². The van der Waals surface area contributed by atoms with Gasteiger partial charge in [-0.1, -0.05) is 0 Å². The average Bonchev–Trinajstić information content (AvgIpc) is 2.85. The third-order valence-electron chi connectivity index (χ3n) is 2.59. The highest BCUT2D eigenvalue weighted by molar-refractivity contribution is 5.54. The predicted octanol–water partition coefficient (Wildman–Crippen LogP) is 2.77. The zero-order chi connectivity index (χ0) is 14.0. The first kappa shape index (κ1) is 12.9. The fraction of sp³-hybridized carbons (Fsp3) is 0.182. The van der Waals surface area contributed by atoms with Gasteiger partial charge in [-0.25, -0.2) is 4.39 Å². The number of hydrogen-bond acceptors (Lipinski definition) is 4. The number of nitro benzene ring substituents is 1. The number of anilines is 1. The molecule has 19 heavy (non-hydrogen) atoms. The monoisotopic (exact) mass is 268 g/mol. The normalized spacial score (nSPS) is 12.2. The Bertz CT molecular complexity index is 601. The van der Waals surface area contributed by atoms with Crippen molar-refractivity contribution in [3.63, 3.8) is 0 Å². The zero-order valence-corrected chi connectivity index (χ0v) is 9.85.